The Morgan fingerprint density at radius 3 is 2.63 bits per heavy atom. The molecule has 0 aliphatic carbocycles. The summed E-state index contributed by atoms with van der Waals surface area (Å²) in [5.74, 6) is -0.637. The van der Waals surface area contributed by atoms with E-state index in [1.54, 1.807) is 0 Å². The Kier molecular flexibility index (Phi) is 4.47. The molecule has 19 heavy (non-hydrogen) atoms. The first-order valence-corrected chi connectivity index (χ1v) is 8.49. The van der Waals surface area contributed by atoms with Gasteiger partial charge in [-0.2, -0.15) is 0 Å². The lowest BCUT2D eigenvalue weighted by atomic mass is 10.00. The first-order chi connectivity index (χ1) is 8.87. The van der Waals surface area contributed by atoms with Gasteiger partial charge in [0.05, 0.1) is 24.2 Å². The molecule has 3 unspecified atom stereocenters. The number of nitrogens with zero attached hydrogens (tertiary/aromatic N) is 1. The van der Waals surface area contributed by atoms with Crippen LogP contribution < -0.4 is 0 Å². The Morgan fingerprint density at radius 2 is 2.11 bits per heavy atom. The molecule has 2 fully saturated rings. The number of hydrogen-bond donors (Lipinski definition) is 1. The topological polar surface area (TPSA) is 83.9 Å². The Balaban J connectivity index is 2.09. The molecule has 0 bridgehead atoms. The Morgan fingerprint density at radius 1 is 1.37 bits per heavy atom. The molecule has 0 saturated carbocycles. The van der Waals surface area contributed by atoms with Gasteiger partial charge in [-0.3, -0.25) is 9.69 Å². The predicted molar refractivity (Wildman–Crippen MR) is 69.8 cm³/mol. The minimum Gasteiger partial charge on any atom is -0.480 e. The molecule has 2 aliphatic heterocycles. The average Bonchev–Trinajstić information content (AvgIpc) is 2.66. The maximum atomic E-state index is 11.6. The third-order valence-electron chi connectivity index (χ3n) is 3.92. The third kappa shape index (κ3) is 3.90. The minimum absolute atomic E-state index is 0.0857. The van der Waals surface area contributed by atoms with E-state index in [2.05, 4.69) is 0 Å². The molecule has 0 aromatic rings. The SMILES string of the molecule is CC1CC(N(CC(=O)O)C2CCS(=O)(=O)C2)CCO1. The summed E-state index contributed by atoms with van der Waals surface area (Å²) in [6, 6.07) is -0.0467. The molecule has 0 aromatic heterocycles. The zero-order valence-corrected chi connectivity index (χ0v) is 11.9. The van der Waals surface area contributed by atoms with Crippen LogP contribution in [0.2, 0.25) is 0 Å². The van der Waals surface area contributed by atoms with Crippen LogP contribution in [0.25, 0.3) is 0 Å². The fraction of sp³-hybridized carbons (Fsp3) is 0.917. The van der Waals surface area contributed by atoms with Crippen LogP contribution in [0.3, 0.4) is 0 Å². The van der Waals surface area contributed by atoms with Crippen molar-refractivity contribution >= 4 is 15.8 Å². The fourth-order valence-electron chi connectivity index (χ4n) is 3.02. The Labute approximate surface area is 113 Å². The lowest BCUT2D eigenvalue weighted by Gasteiger charge is -2.38. The fourth-order valence-corrected chi connectivity index (χ4v) is 4.77. The van der Waals surface area contributed by atoms with Gasteiger partial charge in [0.15, 0.2) is 9.84 Å². The summed E-state index contributed by atoms with van der Waals surface area (Å²) in [4.78, 5) is 12.9. The first kappa shape index (κ1) is 14.7. The molecule has 3 atom stereocenters. The summed E-state index contributed by atoms with van der Waals surface area (Å²) >= 11 is 0. The van der Waals surface area contributed by atoms with Crippen molar-refractivity contribution in [1.82, 2.24) is 4.90 Å². The number of carboxylic acid groups (broad SMARTS) is 1. The van der Waals surface area contributed by atoms with Gasteiger partial charge in [-0.25, -0.2) is 8.42 Å². The molecule has 0 aromatic carbocycles. The van der Waals surface area contributed by atoms with Gasteiger partial charge in [-0.1, -0.05) is 0 Å². The van der Waals surface area contributed by atoms with Crippen molar-refractivity contribution in [3.8, 4) is 0 Å². The number of carboxylic acids is 1. The van der Waals surface area contributed by atoms with Gasteiger partial charge in [0.1, 0.15) is 0 Å². The van der Waals surface area contributed by atoms with E-state index in [-0.39, 0.29) is 36.2 Å². The maximum absolute atomic E-state index is 11.6. The minimum atomic E-state index is -2.99. The van der Waals surface area contributed by atoms with Crippen molar-refractivity contribution in [2.75, 3.05) is 24.7 Å². The molecule has 1 N–H and O–H groups in total. The molecule has 6 nitrogen and oxygen atoms in total. The highest BCUT2D eigenvalue weighted by molar-refractivity contribution is 7.91. The van der Waals surface area contributed by atoms with E-state index in [4.69, 9.17) is 9.84 Å². The van der Waals surface area contributed by atoms with Crippen molar-refractivity contribution < 1.29 is 23.1 Å². The molecule has 7 heteroatoms. The van der Waals surface area contributed by atoms with Crippen LogP contribution in [0.4, 0.5) is 0 Å². The van der Waals surface area contributed by atoms with Crippen LogP contribution >= 0.6 is 0 Å². The zero-order chi connectivity index (χ0) is 14.0. The largest absolute Gasteiger partial charge is 0.480 e. The number of carbonyl (C=O) groups is 1. The van der Waals surface area contributed by atoms with Crippen LogP contribution in [-0.2, 0) is 19.4 Å². The van der Waals surface area contributed by atoms with Crippen molar-refractivity contribution in [3.63, 3.8) is 0 Å². The molecular formula is C12H21NO5S. The second-order valence-corrected chi connectivity index (χ2v) is 7.71. The summed E-state index contributed by atoms with van der Waals surface area (Å²) in [6.45, 7) is 2.50. The number of sulfone groups is 1. The van der Waals surface area contributed by atoms with E-state index in [1.165, 1.54) is 0 Å². The van der Waals surface area contributed by atoms with Crippen molar-refractivity contribution in [2.45, 2.75) is 44.4 Å². The smallest absolute Gasteiger partial charge is 0.317 e. The van der Waals surface area contributed by atoms with Gasteiger partial charge in [-0.15, -0.1) is 0 Å². The van der Waals surface area contributed by atoms with Crippen LogP contribution in [0.5, 0.6) is 0 Å². The summed E-state index contributed by atoms with van der Waals surface area (Å²) in [6.07, 6.45) is 2.19. The van der Waals surface area contributed by atoms with Gasteiger partial charge < -0.3 is 9.84 Å². The van der Waals surface area contributed by atoms with Crippen LogP contribution in [0.15, 0.2) is 0 Å². The van der Waals surface area contributed by atoms with E-state index < -0.39 is 15.8 Å². The van der Waals surface area contributed by atoms with E-state index in [9.17, 15) is 13.2 Å². The molecule has 0 amide bonds. The Bertz CT molecular complexity index is 435. The summed E-state index contributed by atoms with van der Waals surface area (Å²) in [5.41, 5.74) is 0. The molecule has 2 aliphatic rings. The van der Waals surface area contributed by atoms with Gasteiger partial charge >= 0.3 is 5.97 Å². The van der Waals surface area contributed by atoms with Crippen LogP contribution in [-0.4, -0.2) is 67.2 Å². The van der Waals surface area contributed by atoms with Gasteiger partial charge in [0.25, 0.3) is 0 Å². The lowest BCUT2D eigenvalue weighted by Crippen LogP contribution is -2.49. The molecule has 110 valence electrons. The van der Waals surface area contributed by atoms with E-state index in [0.29, 0.717) is 13.0 Å². The van der Waals surface area contributed by atoms with Crippen LogP contribution in [0.1, 0.15) is 26.2 Å². The van der Waals surface area contributed by atoms with Crippen molar-refractivity contribution in [2.24, 2.45) is 0 Å². The second-order valence-electron chi connectivity index (χ2n) is 5.48. The number of ether oxygens (including phenoxy) is 1. The monoisotopic (exact) mass is 291 g/mol. The number of hydrogen-bond acceptors (Lipinski definition) is 5. The first-order valence-electron chi connectivity index (χ1n) is 6.67. The van der Waals surface area contributed by atoms with Crippen molar-refractivity contribution in [3.05, 3.63) is 0 Å². The Hall–Kier alpha value is -0.660. The van der Waals surface area contributed by atoms with E-state index in [0.717, 1.165) is 12.8 Å². The van der Waals surface area contributed by atoms with Crippen molar-refractivity contribution in [1.29, 1.82) is 0 Å². The van der Waals surface area contributed by atoms with Crippen LogP contribution in [0, 0.1) is 0 Å². The second kappa shape index (κ2) is 5.76. The quantitative estimate of drug-likeness (QED) is 0.792. The molecular weight excluding hydrogens is 270 g/mol. The molecule has 0 radical (unpaired) electrons. The molecule has 2 saturated heterocycles. The highest BCUT2D eigenvalue weighted by Crippen LogP contribution is 2.26. The lowest BCUT2D eigenvalue weighted by molar-refractivity contribution is -0.140. The van der Waals surface area contributed by atoms with Gasteiger partial charge in [-0.05, 0) is 26.2 Å². The van der Waals surface area contributed by atoms with Gasteiger partial charge in [0, 0.05) is 18.7 Å². The average molecular weight is 291 g/mol. The summed E-state index contributed by atoms with van der Waals surface area (Å²) in [7, 11) is -2.99. The highest BCUT2D eigenvalue weighted by atomic mass is 32.2. The predicted octanol–water partition coefficient (Wildman–Crippen LogP) is 0.128. The number of aliphatic carboxylic acids is 1. The van der Waals surface area contributed by atoms with E-state index >= 15 is 0 Å². The highest BCUT2D eigenvalue weighted by Gasteiger charge is 2.37. The zero-order valence-electron chi connectivity index (χ0n) is 11.1. The van der Waals surface area contributed by atoms with E-state index in [1.807, 2.05) is 11.8 Å². The molecule has 2 heterocycles. The number of rotatable bonds is 4. The molecule has 2 rings (SSSR count). The summed E-state index contributed by atoms with van der Waals surface area (Å²) < 4.78 is 28.6. The molecule has 0 spiro atoms. The third-order valence-corrected chi connectivity index (χ3v) is 5.67. The maximum Gasteiger partial charge on any atom is 0.317 e. The summed E-state index contributed by atoms with van der Waals surface area (Å²) in [5, 5.41) is 9.05. The standard InChI is InChI=1S/C12H21NO5S/c1-9-6-10(2-4-18-9)13(7-12(14)15)11-3-5-19(16,17)8-11/h9-11H,2-8H2,1H3,(H,14,15). The normalized spacial score (nSPS) is 34.5. The van der Waals surface area contributed by atoms with Gasteiger partial charge in [0.2, 0.25) is 0 Å².